The molecule has 0 aliphatic heterocycles. The molecule has 0 N–H and O–H groups in total. The predicted molar refractivity (Wildman–Crippen MR) is 72.3 cm³/mol. The summed E-state index contributed by atoms with van der Waals surface area (Å²) < 4.78 is 5.64. The van der Waals surface area contributed by atoms with Crippen molar-refractivity contribution in [1.82, 2.24) is 0 Å². The Balaban J connectivity index is 2.23. The van der Waals surface area contributed by atoms with Crippen molar-refractivity contribution in [3.63, 3.8) is 0 Å². The molecule has 1 aromatic carbocycles. The maximum Gasteiger partial charge on any atom is 0.190 e. The first kappa shape index (κ1) is 12.1. The van der Waals surface area contributed by atoms with E-state index in [1.54, 1.807) is 13.0 Å². The van der Waals surface area contributed by atoms with Gasteiger partial charge >= 0.3 is 0 Å². The number of hydrogen-bond acceptors (Lipinski definition) is 3. The molecule has 0 heterocycles. The number of ketones is 2. The number of hydrogen-bond donors (Lipinski definition) is 0. The summed E-state index contributed by atoms with van der Waals surface area (Å²) >= 11 is 0. The molecule has 96 valence electrons. The molecule has 0 aromatic heterocycles. The third-order valence-corrected chi connectivity index (χ3v) is 3.56. The molecule has 1 aromatic rings. The first-order valence-electron chi connectivity index (χ1n) is 6.37. The Kier molecular flexibility index (Phi) is 2.72. The summed E-state index contributed by atoms with van der Waals surface area (Å²) in [6.07, 6.45) is 5.06. The quantitative estimate of drug-likeness (QED) is 0.814. The zero-order valence-electron chi connectivity index (χ0n) is 10.9. The van der Waals surface area contributed by atoms with Crippen LogP contribution in [-0.4, -0.2) is 18.2 Å². The van der Waals surface area contributed by atoms with E-state index >= 15 is 0 Å². The van der Waals surface area contributed by atoms with Gasteiger partial charge in [0.15, 0.2) is 11.6 Å². The minimum atomic E-state index is -0.224. The van der Waals surface area contributed by atoms with Crippen LogP contribution in [-0.2, 0) is 4.74 Å². The Labute approximate surface area is 111 Å². The molecule has 0 fully saturated rings. The SMILES string of the molecule is CCOC1C=Cc2ccc3c(c21)C(=O)C(C)=CC3=O. The molecule has 1 atom stereocenters. The number of rotatable bonds is 2. The fourth-order valence-electron chi connectivity index (χ4n) is 2.68. The van der Waals surface area contributed by atoms with Crippen LogP contribution in [0.5, 0.6) is 0 Å². The van der Waals surface area contributed by atoms with E-state index in [-0.39, 0.29) is 17.7 Å². The van der Waals surface area contributed by atoms with Gasteiger partial charge < -0.3 is 4.74 Å². The average molecular weight is 254 g/mol. The third kappa shape index (κ3) is 1.70. The van der Waals surface area contributed by atoms with Crippen molar-refractivity contribution in [2.45, 2.75) is 20.0 Å². The first-order chi connectivity index (χ1) is 9.13. The van der Waals surface area contributed by atoms with Crippen LogP contribution in [0.3, 0.4) is 0 Å². The summed E-state index contributed by atoms with van der Waals surface area (Å²) in [7, 11) is 0. The van der Waals surface area contributed by atoms with E-state index in [1.165, 1.54) is 6.08 Å². The number of ether oxygens (including phenoxy) is 1. The summed E-state index contributed by atoms with van der Waals surface area (Å²) in [6, 6.07) is 3.61. The van der Waals surface area contributed by atoms with Crippen molar-refractivity contribution in [1.29, 1.82) is 0 Å². The van der Waals surface area contributed by atoms with Crippen molar-refractivity contribution in [3.05, 3.63) is 52.1 Å². The summed E-state index contributed by atoms with van der Waals surface area (Å²) in [4.78, 5) is 24.4. The molecule has 0 amide bonds. The van der Waals surface area contributed by atoms with Gasteiger partial charge in [0.05, 0.1) is 0 Å². The van der Waals surface area contributed by atoms with Crippen LogP contribution in [0.4, 0.5) is 0 Å². The molecular weight excluding hydrogens is 240 g/mol. The monoisotopic (exact) mass is 254 g/mol. The van der Waals surface area contributed by atoms with Crippen molar-refractivity contribution in [3.8, 4) is 0 Å². The largest absolute Gasteiger partial charge is 0.370 e. The fraction of sp³-hybridized carbons (Fsp3) is 0.250. The van der Waals surface area contributed by atoms with Gasteiger partial charge in [-0.1, -0.05) is 18.2 Å². The number of carbonyl (C=O) groups is 2. The molecule has 1 unspecified atom stereocenters. The van der Waals surface area contributed by atoms with Gasteiger partial charge in [-0.25, -0.2) is 0 Å². The molecular formula is C16H14O3. The van der Waals surface area contributed by atoms with Crippen LogP contribution in [0.25, 0.3) is 6.08 Å². The molecule has 0 saturated heterocycles. The molecule has 0 spiro atoms. The number of fused-ring (bicyclic) bond motifs is 3. The minimum Gasteiger partial charge on any atom is -0.370 e. The van der Waals surface area contributed by atoms with E-state index in [9.17, 15) is 9.59 Å². The van der Waals surface area contributed by atoms with Crippen LogP contribution in [0.15, 0.2) is 29.9 Å². The molecule has 3 rings (SSSR count). The van der Waals surface area contributed by atoms with Crippen LogP contribution >= 0.6 is 0 Å². The molecule has 2 aliphatic carbocycles. The fourth-order valence-corrected chi connectivity index (χ4v) is 2.68. The summed E-state index contributed by atoms with van der Waals surface area (Å²) in [5, 5.41) is 0. The number of Topliss-reactive ketones (excluding diaryl/α,β-unsaturated/α-hetero) is 1. The van der Waals surface area contributed by atoms with Crippen molar-refractivity contribution in [2.75, 3.05) is 6.61 Å². The zero-order chi connectivity index (χ0) is 13.6. The van der Waals surface area contributed by atoms with Crippen LogP contribution < -0.4 is 0 Å². The Morgan fingerprint density at radius 2 is 2.05 bits per heavy atom. The number of benzene rings is 1. The highest BCUT2D eigenvalue weighted by molar-refractivity contribution is 6.25. The summed E-state index contributed by atoms with van der Waals surface area (Å²) in [6.45, 7) is 4.16. The second kappa shape index (κ2) is 4.28. The first-order valence-corrected chi connectivity index (χ1v) is 6.37. The van der Waals surface area contributed by atoms with Gasteiger partial charge in [-0.3, -0.25) is 9.59 Å². The standard InChI is InChI=1S/C16H14O3/c1-3-19-13-7-5-10-4-6-11-12(17)8-9(2)16(18)15(11)14(10)13/h4-8,13H,3H2,1-2H3. The average Bonchev–Trinajstić information content (AvgIpc) is 2.79. The van der Waals surface area contributed by atoms with E-state index < -0.39 is 0 Å². The normalized spacial score (nSPS) is 20.3. The minimum absolute atomic E-state index is 0.0696. The molecule has 0 saturated carbocycles. The number of allylic oxidation sites excluding steroid dienone is 2. The Hall–Kier alpha value is -2.00. The van der Waals surface area contributed by atoms with Gasteiger partial charge in [-0.2, -0.15) is 0 Å². The van der Waals surface area contributed by atoms with E-state index in [1.807, 2.05) is 25.1 Å². The third-order valence-electron chi connectivity index (χ3n) is 3.56. The van der Waals surface area contributed by atoms with Crippen LogP contribution in [0.1, 0.15) is 51.8 Å². The van der Waals surface area contributed by atoms with E-state index in [2.05, 4.69) is 0 Å². The molecule has 3 heteroatoms. The summed E-state index contributed by atoms with van der Waals surface area (Å²) in [5.74, 6) is -0.170. The van der Waals surface area contributed by atoms with Crippen LogP contribution in [0.2, 0.25) is 0 Å². The lowest BCUT2D eigenvalue weighted by atomic mass is 9.84. The topological polar surface area (TPSA) is 43.4 Å². The highest BCUT2D eigenvalue weighted by Gasteiger charge is 2.31. The van der Waals surface area contributed by atoms with Gasteiger partial charge in [0.2, 0.25) is 0 Å². The lowest BCUT2D eigenvalue weighted by molar-refractivity contribution is 0.0927. The van der Waals surface area contributed by atoms with Gasteiger partial charge in [-0.15, -0.1) is 0 Å². The number of carbonyl (C=O) groups excluding carboxylic acids is 2. The van der Waals surface area contributed by atoms with Crippen molar-refractivity contribution in [2.24, 2.45) is 0 Å². The lowest BCUT2D eigenvalue weighted by Gasteiger charge is -2.20. The van der Waals surface area contributed by atoms with Gasteiger partial charge in [0.25, 0.3) is 0 Å². The zero-order valence-corrected chi connectivity index (χ0v) is 10.9. The molecule has 0 radical (unpaired) electrons. The van der Waals surface area contributed by atoms with E-state index in [4.69, 9.17) is 4.74 Å². The Bertz CT molecular complexity index is 650. The van der Waals surface area contributed by atoms with Crippen LogP contribution in [0, 0.1) is 0 Å². The molecule has 2 aliphatic rings. The van der Waals surface area contributed by atoms with Gasteiger partial charge in [0, 0.05) is 28.9 Å². The smallest absolute Gasteiger partial charge is 0.190 e. The van der Waals surface area contributed by atoms with E-state index in [0.717, 1.165) is 11.1 Å². The second-order valence-electron chi connectivity index (χ2n) is 4.75. The van der Waals surface area contributed by atoms with Gasteiger partial charge in [0.1, 0.15) is 6.10 Å². The second-order valence-corrected chi connectivity index (χ2v) is 4.75. The maximum absolute atomic E-state index is 12.4. The predicted octanol–water partition coefficient (Wildman–Crippen LogP) is 3.12. The lowest BCUT2D eigenvalue weighted by Crippen LogP contribution is -2.19. The molecule has 3 nitrogen and oxygen atoms in total. The maximum atomic E-state index is 12.4. The molecule has 0 bridgehead atoms. The van der Waals surface area contributed by atoms with Gasteiger partial charge in [-0.05, 0) is 31.6 Å². The molecule has 19 heavy (non-hydrogen) atoms. The highest BCUT2D eigenvalue weighted by atomic mass is 16.5. The van der Waals surface area contributed by atoms with Crippen molar-refractivity contribution < 1.29 is 14.3 Å². The van der Waals surface area contributed by atoms with Crippen molar-refractivity contribution >= 4 is 17.6 Å². The Morgan fingerprint density at radius 3 is 2.79 bits per heavy atom. The van der Waals surface area contributed by atoms with E-state index in [0.29, 0.717) is 23.3 Å². The highest BCUT2D eigenvalue weighted by Crippen LogP contribution is 2.38. The summed E-state index contributed by atoms with van der Waals surface area (Å²) in [5.41, 5.74) is 3.31. The Morgan fingerprint density at radius 1 is 1.26 bits per heavy atom.